The second-order valence-corrected chi connectivity index (χ2v) is 4.34. The molecular formula is C11H18N4. The Morgan fingerprint density at radius 1 is 1.53 bits per heavy atom. The number of rotatable bonds is 1. The third-order valence-electron chi connectivity index (χ3n) is 3.10. The predicted octanol–water partition coefficient (Wildman–Crippen LogP) is 0.959. The van der Waals surface area contributed by atoms with Gasteiger partial charge in [-0.25, -0.2) is 9.97 Å². The standard InChI is InChI=1S/C11H18N4/c1-8-4-6-15(7-10(8)12)11-3-5-13-9(2)14-11/h3,5,8,10H,4,6-7,12H2,1-2H3. The van der Waals surface area contributed by atoms with Gasteiger partial charge in [-0.15, -0.1) is 0 Å². The lowest BCUT2D eigenvalue weighted by Crippen LogP contribution is -2.47. The van der Waals surface area contributed by atoms with Gasteiger partial charge in [0.25, 0.3) is 0 Å². The zero-order valence-electron chi connectivity index (χ0n) is 9.35. The van der Waals surface area contributed by atoms with Crippen LogP contribution in [-0.4, -0.2) is 29.1 Å². The molecule has 2 atom stereocenters. The molecule has 1 aliphatic heterocycles. The highest BCUT2D eigenvalue weighted by Crippen LogP contribution is 2.20. The third kappa shape index (κ3) is 2.26. The summed E-state index contributed by atoms with van der Waals surface area (Å²) in [5.41, 5.74) is 6.06. The normalized spacial score (nSPS) is 26.7. The molecule has 0 saturated carbocycles. The van der Waals surface area contributed by atoms with Crippen LogP contribution in [0.25, 0.3) is 0 Å². The van der Waals surface area contributed by atoms with Crippen molar-refractivity contribution in [1.82, 2.24) is 9.97 Å². The molecule has 0 amide bonds. The zero-order chi connectivity index (χ0) is 10.8. The molecule has 0 spiro atoms. The highest BCUT2D eigenvalue weighted by Gasteiger charge is 2.23. The van der Waals surface area contributed by atoms with Crippen molar-refractivity contribution in [2.75, 3.05) is 18.0 Å². The van der Waals surface area contributed by atoms with E-state index < -0.39 is 0 Å². The topological polar surface area (TPSA) is 55.0 Å². The maximum absolute atomic E-state index is 6.06. The molecule has 15 heavy (non-hydrogen) atoms. The van der Waals surface area contributed by atoms with E-state index in [2.05, 4.69) is 21.8 Å². The van der Waals surface area contributed by atoms with Gasteiger partial charge in [-0.3, -0.25) is 0 Å². The van der Waals surface area contributed by atoms with Gasteiger partial charge < -0.3 is 10.6 Å². The first kappa shape index (κ1) is 10.4. The molecule has 4 nitrogen and oxygen atoms in total. The summed E-state index contributed by atoms with van der Waals surface area (Å²) in [6, 6.07) is 2.21. The van der Waals surface area contributed by atoms with Crippen molar-refractivity contribution in [1.29, 1.82) is 0 Å². The summed E-state index contributed by atoms with van der Waals surface area (Å²) >= 11 is 0. The van der Waals surface area contributed by atoms with Crippen LogP contribution in [0.2, 0.25) is 0 Å². The second kappa shape index (κ2) is 4.14. The fourth-order valence-electron chi connectivity index (χ4n) is 1.93. The lowest BCUT2D eigenvalue weighted by Gasteiger charge is -2.35. The summed E-state index contributed by atoms with van der Waals surface area (Å²) in [5.74, 6) is 2.44. The Balaban J connectivity index is 2.12. The predicted molar refractivity (Wildman–Crippen MR) is 60.7 cm³/mol. The van der Waals surface area contributed by atoms with E-state index in [4.69, 9.17) is 5.73 Å². The Labute approximate surface area is 90.5 Å². The molecule has 1 aliphatic rings. The summed E-state index contributed by atoms with van der Waals surface area (Å²) in [6.45, 7) is 6.08. The van der Waals surface area contributed by atoms with Crippen LogP contribution >= 0.6 is 0 Å². The van der Waals surface area contributed by atoms with Gasteiger partial charge in [-0.2, -0.15) is 0 Å². The first-order valence-corrected chi connectivity index (χ1v) is 5.47. The van der Waals surface area contributed by atoms with Crippen molar-refractivity contribution < 1.29 is 0 Å². The van der Waals surface area contributed by atoms with Gasteiger partial charge in [0.1, 0.15) is 11.6 Å². The van der Waals surface area contributed by atoms with Gasteiger partial charge >= 0.3 is 0 Å². The molecule has 2 heterocycles. The van der Waals surface area contributed by atoms with Crippen LogP contribution in [0.15, 0.2) is 12.3 Å². The molecule has 82 valence electrons. The van der Waals surface area contributed by atoms with Crippen LogP contribution in [0, 0.1) is 12.8 Å². The number of aromatic nitrogens is 2. The van der Waals surface area contributed by atoms with Gasteiger partial charge in [-0.1, -0.05) is 6.92 Å². The molecule has 0 bridgehead atoms. The monoisotopic (exact) mass is 206 g/mol. The Bertz CT molecular complexity index is 339. The smallest absolute Gasteiger partial charge is 0.132 e. The zero-order valence-corrected chi connectivity index (χ0v) is 9.35. The summed E-state index contributed by atoms with van der Waals surface area (Å²) in [5, 5.41) is 0. The first-order chi connectivity index (χ1) is 7.16. The molecule has 0 aromatic carbocycles. The number of nitrogens with zero attached hydrogens (tertiary/aromatic N) is 3. The van der Waals surface area contributed by atoms with E-state index in [1.165, 1.54) is 0 Å². The molecule has 2 unspecified atom stereocenters. The SMILES string of the molecule is Cc1nccc(N2CCC(C)C(N)C2)n1. The van der Waals surface area contributed by atoms with E-state index >= 15 is 0 Å². The van der Waals surface area contributed by atoms with Crippen molar-refractivity contribution in [3.05, 3.63) is 18.1 Å². The van der Waals surface area contributed by atoms with Crippen LogP contribution in [0.1, 0.15) is 19.2 Å². The number of anilines is 1. The Morgan fingerprint density at radius 2 is 2.33 bits per heavy atom. The fraction of sp³-hybridized carbons (Fsp3) is 0.636. The van der Waals surface area contributed by atoms with Gasteiger partial charge in [0, 0.05) is 25.3 Å². The Hall–Kier alpha value is -1.16. The average Bonchev–Trinajstić information content (AvgIpc) is 2.22. The molecule has 1 saturated heterocycles. The Kier molecular flexibility index (Phi) is 2.86. The highest BCUT2D eigenvalue weighted by atomic mass is 15.2. The third-order valence-corrected chi connectivity index (χ3v) is 3.10. The quantitative estimate of drug-likeness (QED) is 0.743. The maximum atomic E-state index is 6.06. The number of hydrogen-bond donors (Lipinski definition) is 1. The van der Waals surface area contributed by atoms with Crippen LogP contribution in [-0.2, 0) is 0 Å². The van der Waals surface area contributed by atoms with Crippen molar-refractivity contribution in [2.24, 2.45) is 11.7 Å². The number of nitrogens with two attached hydrogens (primary N) is 1. The van der Waals surface area contributed by atoms with Crippen molar-refractivity contribution in [2.45, 2.75) is 26.3 Å². The largest absolute Gasteiger partial charge is 0.355 e. The van der Waals surface area contributed by atoms with Crippen LogP contribution in [0.5, 0.6) is 0 Å². The fourth-order valence-corrected chi connectivity index (χ4v) is 1.93. The lowest BCUT2D eigenvalue weighted by atomic mass is 9.94. The summed E-state index contributed by atoms with van der Waals surface area (Å²) < 4.78 is 0. The molecule has 1 aromatic heterocycles. The molecule has 0 aliphatic carbocycles. The number of piperidine rings is 1. The highest BCUT2D eigenvalue weighted by molar-refractivity contribution is 5.38. The van der Waals surface area contributed by atoms with E-state index in [0.29, 0.717) is 5.92 Å². The number of hydrogen-bond acceptors (Lipinski definition) is 4. The maximum Gasteiger partial charge on any atom is 0.132 e. The molecule has 4 heteroatoms. The molecule has 0 radical (unpaired) electrons. The Morgan fingerprint density at radius 3 is 3.00 bits per heavy atom. The van der Waals surface area contributed by atoms with Crippen LogP contribution in [0.4, 0.5) is 5.82 Å². The van der Waals surface area contributed by atoms with Crippen LogP contribution < -0.4 is 10.6 Å². The molecule has 2 N–H and O–H groups in total. The van der Waals surface area contributed by atoms with Crippen LogP contribution in [0.3, 0.4) is 0 Å². The molecule has 1 aromatic rings. The van der Waals surface area contributed by atoms with Crippen molar-refractivity contribution in [3.63, 3.8) is 0 Å². The van der Waals surface area contributed by atoms with Gasteiger partial charge in [0.2, 0.25) is 0 Å². The summed E-state index contributed by atoms with van der Waals surface area (Å²) in [7, 11) is 0. The van der Waals surface area contributed by atoms with Crippen molar-refractivity contribution in [3.8, 4) is 0 Å². The van der Waals surface area contributed by atoms with E-state index in [-0.39, 0.29) is 6.04 Å². The minimum atomic E-state index is 0.258. The second-order valence-electron chi connectivity index (χ2n) is 4.34. The molecule has 1 fully saturated rings. The van der Waals surface area contributed by atoms with Gasteiger partial charge in [0.05, 0.1) is 0 Å². The molecular weight excluding hydrogens is 188 g/mol. The van der Waals surface area contributed by atoms with E-state index in [9.17, 15) is 0 Å². The first-order valence-electron chi connectivity index (χ1n) is 5.47. The van der Waals surface area contributed by atoms with E-state index in [1.807, 2.05) is 13.0 Å². The summed E-state index contributed by atoms with van der Waals surface area (Å²) in [6.07, 6.45) is 2.95. The van der Waals surface area contributed by atoms with E-state index in [1.54, 1.807) is 6.20 Å². The van der Waals surface area contributed by atoms with Crippen molar-refractivity contribution >= 4 is 5.82 Å². The lowest BCUT2D eigenvalue weighted by molar-refractivity contribution is 0.378. The minimum Gasteiger partial charge on any atom is -0.355 e. The van der Waals surface area contributed by atoms with Gasteiger partial charge in [-0.05, 0) is 25.3 Å². The number of aryl methyl sites for hydroxylation is 1. The van der Waals surface area contributed by atoms with E-state index in [0.717, 1.165) is 31.2 Å². The van der Waals surface area contributed by atoms with Gasteiger partial charge in [0.15, 0.2) is 0 Å². The molecule has 2 rings (SSSR count). The minimum absolute atomic E-state index is 0.258. The summed E-state index contributed by atoms with van der Waals surface area (Å²) in [4.78, 5) is 10.8. The average molecular weight is 206 g/mol.